The van der Waals surface area contributed by atoms with Crippen LogP contribution in [0, 0.1) is 5.92 Å². The van der Waals surface area contributed by atoms with Crippen molar-refractivity contribution in [2.24, 2.45) is 0 Å². The normalized spacial score (nSPS) is 14.9. The Balaban J connectivity index is 0. The second-order valence-corrected chi connectivity index (χ2v) is 8.39. The van der Waals surface area contributed by atoms with Crippen LogP contribution in [0.1, 0.15) is 0 Å². The first-order valence-corrected chi connectivity index (χ1v) is 8.03. The molecule has 0 rings (SSSR count). The lowest BCUT2D eigenvalue weighted by atomic mass is 9.86. The first kappa shape index (κ1) is 30.5. The molecule has 0 unspecified atom stereocenters. The van der Waals surface area contributed by atoms with Crippen LogP contribution < -0.4 is 0 Å². The molecule has 0 amide bonds. The molecule has 0 aromatic rings. The van der Waals surface area contributed by atoms with Crippen molar-refractivity contribution in [3.8, 4) is 0 Å². The van der Waals surface area contributed by atoms with Gasteiger partial charge in [-0.2, -0.15) is 26.3 Å². The third-order valence-electron chi connectivity index (χ3n) is 2.67. The molecule has 17 heteroatoms. The van der Waals surface area contributed by atoms with Crippen LogP contribution in [-0.4, -0.2) is 85.6 Å². The smallest absolute Gasteiger partial charge is 0.259 e. The van der Waals surface area contributed by atoms with Crippen LogP contribution in [0.3, 0.4) is 0 Å². The minimum atomic E-state index is -7.57. The van der Waals surface area contributed by atoms with Crippen molar-refractivity contribution >= 4 is 11.5 Å². The van der Waals surface area contributed by atoms with E-state index in [1.54, 1.807) is 0 Å². The summed E-state index contributed by atoms with van der Waals surface area (Å²) in [5.41, 5.74) is -7.57. The summed E-state index contributed by atoms with van der Waals surface area (Å²) >= 11 is 0.120. The molecule has 0 aliphatic rings. The van der Waals surface area contributed by atoms with Crippen molar-refractivity contribution in [1.82, 2.24) is 12.9 Å². The second kappa shape index (κ2) is 9.64. The van der Waals surface area contributed by atoms with Gasteiger partial charge in [-0.05, 0) is 0 Å². The van der Waals surface area contributed by atoms with Crippen LogP contribution >= 0.6 is 0 Å². The summed E-state index contributed by atoms with van der Waals surface area (Å²) < 4.78 is 161. The van der Waals surface area contributed by atoms with Crippen molar-refractivity contribution in [2.75, 3.05) is 42.3 Å². The Morgan fingerprint density at radius 3 is 0.724 bits per heavy atom. The van der Waals surface area contributed by atoms with Crippen molar-refractivity contribution in [2.45, 2.75) is 30.4 Å². The number of halogens is 13. The van der Waals surface area contributed by atoms with E-state index < -0.39 is 36.3 Å². The van der Waals surface area contributed by atoms with Crippen molar-refractivity contribution in [3.05, 3.63) is 5.92 Å². The Kier molecular flexibility index (Phi) is 10.1. The summed E-state index contributed by atoms with van der Waals surface area (Å²) in [6.45, 7) is 0. The molecule has 0 bridgehead atoms. The summed E-state index contributed by atoms with van der Waals surface area (Å²) in [5.74, 6) is -5.23. The van der Waals surface area contributed by atoms with Gasteiger partial charge in [0.1, 0.15) is 0 Å². The van der Waals surface area contributed by atoms with Gasteiger partial charge in [-0.25, -0.2) is 26.3 Å². The SMILES string of the molecule is CN(C)[S+](N(C)C)N(C)C.FC(F)(F)[C-](C(F)(F)F)C(F)(C(F)(F)F)C(F)(F)F. The Hall–Kier alpha value is -0.680. The molecule has 0 atom stereocenters. The Morgan fingerprint density at radius 2 is 0.690 bits per heavy atom. The van der Waals surface area contributed by atoms with E-state index in [4.69, 9.17) is 0 Å². The fraction of sp³-hybridized carbons (Fsp3) is 0.917. The van der Waals surface area contributed by atoms with Crippen LogP contribution in [0.5, 0.6) is 0 Å². The van der Waals surface area contributed by atoms with Crippen LogP contribution in [0.2, 0.25) is 0 Å². The summed E-state index contributed by atoms with van der Waals surface area (Å²) in [4.78, 5) is 0. The highest BCUT2D eigenvalue weighted by atomic mass is 32.2. The maximum Gasteiger partial charge on any atom is 0.404 e. The summed E-state index contributed by atoms with van der Waals surface area (Å²) in [6, 6.07) is 0. The van der Waals surface area contributed by atoms with Gasteiger partial charge in [0.25, 0.3) is 23.8 Å². The highest BCUT2D eigenvalue weighted by Crippen LogP contribution is 2.60. The van der Waals surface area contributed by atoms with Gasteiger partial charge in [0, 0.05) is 42.3 Å². The topological polar surface area (TPSA) is 9.72 Å². The van der Waals surface area contributed by atoms with Crippen LogP contribution in [0.15, 0.2) is 0 Å². The number of hydrogen-bond acceptors (Lipinski definition) is 3. The third kappa shape index (κ3) is 7.82. The lowest BCUT2D eigenvalue weighted by Crippen LogP contribution is -2.64. The molecule has 3 nitrogen and oxygen atoms in total. The Bertz CT molecular complexity index is 446. The number of hydrogen-bond donors (Lipinski definition) is 0. The van der Waals surface area contributed by atoms with E-state index in [1.807, 2.05) is 0 Å². The zero-order valence-electron chi connectivity index (χ0n) is 15.7. The fourth-order valence-electron chi connectivity index (χ4n) is 1.98. The van der Waals surface area contributed by atoms with Gasteiger partial charge >= 0.3 is 12.4 Å². The summed E-state index contributed by atoms with van der Waals surface area (Å²) in [7, 11) is 12.5. The molecule has 0 spiro atoms. The first-order valence-electron chi connectivity index (χ1n) is 6.94. The van der Waals surface area contributed by atoms with E-state index in [9.17, 15) is 57.1 Å². The van der Waals surface area contributed by atoms with Gasteiger partial charge in [0.15, 0.2) is 5.67 Å². The third-order valence-corrected chi connectivity index (χ3v) is 4.63. The maximum atomic E-state index is 12.7. The molecule has 0 radical (unpaired) electrons. The standard InChI is InChI=1S/C6F13.C6H18N3S/c7-2(5(14,15)16,6(17,18)19)1(3(8,9)10)4(11,12)13;1-7(2)10(8(3)4)9(5)6/h;1-6H3/q-1;+1. The van der Waals surface area contributed by atoms with E-state index in [0.29, 0.717) is 0 Å². The van der Waals surface area contributed by atoms with E-state index in [2.05, 4.69) is 55.2 Å². The minimum absolute atomic E-state index is 0.120. The van der Waals surface area contributed by atoms with Crippen LogP contribution in [-0.2, 0) is 11.5 Å². The molecule has 0 N–H and O–H groups in total. The van der Waals surface area contributed by atoms with Crippen molar-refractivity contribution < 1.29 is 57.1 Å². The van der Waals surface area contributed by atoms with E-state index in [0.717, 1.165) is 0 Å². The quantitative estimate of drug-likeness (QED) is 0.330. The Morgan fingerprint density at radius 1 is 0.483 bits per heavy atom. The Labute approximate surface area is 161 Å². The predicted molar refractivity (Wildman–Crippen MR) is 79.7 cm³/mol. The molecule has 0 saturated carbocycles. The zero-order chi connectivity index (χ0) is 24.4. The molecule has 178 valence electrons. The number of rotatable bonds is 4. The van der Waals surface area contributed by atoms with Crippen LogP contribution in [0.25, 0.3) is 0 Å². The zero-order valence-corrected chi connectivity index (χ0v) is 16.5. The molecule has 0 aromatic heterocycles. The molecule has 0 aromatic carbocycles. The molecule has 0 heterocycles. The molecular weight excluding hydrogens is 465 g/mol. The van der Waals surface area contributed by atoms with E-state index >= 15 is 0 Å². The fourth-order valence-corrected chi connectivity index (χ4v) is 3.93. The first-order chi connectivity index (χ1) is 12.3. The minimum Gasteiger partial charge on any atom is -0.259 e. The maximum absolute atomic E-state index is 12.7. The molecule has 0 fully saturated rings. The van der Waals surface area contributed by atoms with Gasteiger partial charge in [-0.3, -0.25) is 4.39 Å². The molecular formula is C12H18F13N3S. The van der Waals surface area contributed by atoms with Crippen molar-refractivity contribution in [1.29, 1.82) is 0 Å². The average Bonchev–Trinajstić information content (AvgIpc) is 2.30. The molecule has 29 heavy (non-hydrogen) atoms. The van der Waals surface area contributed by atoms with Crippen LogP contribution in [0.4, 0.5) is 57.1 Å². The molecule has 0 saturated heterocycles. The summed E-state index contributed by atoms with van der Waals surface area (Å²) in [5, 5.41) is 0. The predicted octanol–water partition coefficient (Wildman–Crippen LogP) is 4.55. The molecule has 0 aliphatic carbocycles. The van der Waals surface area contributed by atoms with E-state index in [1.165, 1.54) is 0 Å². The van der Waals surface area contributed by atoms with Gasteiger partial charge in [-0.1, -0.05) is 18.8 Å². The number of nitrogens with zero attached hydrogens (tertiary/aromatic N) is 3. The number of alkyl halides is 13. The van der Waals surface area contributed by atoms with Gasteiger partial charge in [-0.15, -0.1) is 0 Å². The highest BCUT2D eigenvalue weighted by molar-refractivity contribution is 7.90. The van der Waals surface area contributed by atoms with Gasteiger partial charge in [0.05, 0.1) is 0 Å². The highest BCUT2D eigenvalue weighted by Gasteiger charge is 2.76. The largest absolute Gasteiger partial charge is 0.404 e. The van der Waals surface area contributed by atoms with Gasteiger partial charge in [0.2, 0.25) is 0 Å². The van der Waals surface area contributed by atoms with E-state index in [-0.39, 0.29) is 11.5 Å². The molecule has 0 aliphatic heterocycles. The summed E-state index contributed by atoms with van der Waals surface area (Å²) in [6.07, 6.45) is -29.4. The monoisotopic (exact) mass is 483 g/mol. The van der Waals surface area contributed by atoms with Gasteiger partial charge < -0.3 is 0 Å². The average molecular weight is 483 g/mol. The van der Waals surface area contributed by atoms with Crippen molar-refractivity contribution in [3.63, 3.8) is 0 Å². The lowest BCUT2D eigenvalue weighted by molar-refractivity contribution is -0.371. The lowest BCUT2D eigenvalue weighted by Gasteiger charge is -2.48. The second-order valence-electron chi connectivity index (χ2n) is 5.71.